The molecule has 0 spiro atoms. The standard InChI is InChI=1S/C7H17N3O2/c1-5(9)7(10,6(11)12)3-2-4-8/h5H,2-4,8-10H2,1H3,(H,11,12). The number of nitrogens with two attached hydrogens (primary N) is 3. The van der Waals surface area contributed by atoms with Crippen LogP contribution in [0.4, 0.5) is 0 Å². The van der Waals surface area contributed by atoms with Gasteiger partial charge in [0.2, 0.25) is 0 Å². The second-order valence-corrected chi connectivity index (χ2v) is 3.03. The number of aliphatic carboxylic acids is 1. The van der Waals surface area contributed by atoms with E-state index in [-0.39, 0.29) is 0 Å². The van der Waals surface area contributed by atoms with Crippen LogP contribution in [-0.2, 0) is 4.79 Å². The van der Waals surface area contributed by atoms with Crippen molar-refractivity contribution in [2.24, 2.45) is 17.2 Å². The first-order valence-electron chi connectivity index (χ1n) is 3.93. The fourth-order valence-corrected chi connectivity index (χ4v) is 0.924. The van der Waals surface area contributed by atoms with Crippen molar-refractivity contribution in [2.45, 2.75) is 31.3 Å². The molecular weight excluding hydrogens is 158 g/mol. The molecule has 0 aliphatic rings. The summed E-state index contributed by atoms with van der Waals surface area (Å²) in [7, 11) is 0. The van der Waals surface area contributed by atoms with Crippen LogP contribution in [0.5, 0.6) is 0 Å². The highest BCUT2D eigenvalue weighted by Crippen LogP contribution is 2.12. The van der Waals surface area contributed by atoms with Gasteiger partial charge in [0.15, 0.2) is 0 Å². The first-order chi connectivity index (χ1) is 5.45. The van der Waals surface area contributed by atoms with E-state index in [9.17, 15) is 4.79 Å². The van der Waals surface area contributed by atoms with Crippen molar-refractivity contribution in [3.8, 4) is 0 Å². The average Bonchev–Trinajstić information content (AvgIpc) is 1.99. The van der Waals surface area contributed by atoms with Crippen LogP contribution in [0, 0.1) is 0 Å². The summed E-state index contributed by atoms with van der Waals surface area (Å²) in [6.07, 6.45) is 0.890. The van der Waals surface area contributed by atoms with Gasteiger partial charge < -0.3 is 22.3 Å². The predicted octanol–water partition coefficient (Wildman–Crippen LogP) is -1.15. The number of carboxylic acids is 1. The third-order valence-corrected chi connectivity index (χ3v) is 2.01. The van der Waals surface area contributed by atoms with E-state index in [0.29, 0.717) is 19.4 Å². The van der Waals surface area contributed by atoms with Gasteiger partial charge in [0.25, 0.3) is 0 Å². The molecule has 2 unspecified atom stereocenters. The maximum atomic E-state index is 10.7. The zero-order valence-electron chi connectivity index (χ0n) is 7.29. The van der Waals surface area contributed by atoms with Gasteiger partial charge in [-0.2, -0.15) is 0 Å². The lowest BCUT2D eigenvalue weighted by molar-refractivity contribution is -0.144. The number of carbonyl (C=O) groups is 1. The summed E-state index contributed by atoms with van der Waals surface area (Å²) in [5, 5.41) is 8.78. The first-order valence-corrected chi connectivity index (χ1v) is 3.93. The van der Waals surface area contributed by atoms with E-state index in [1.54, 1.807) is 6.92 Å². The molecule has 0 aliphatic carbocycles. The maximum absolute atomic E-state index is 10.7. The number of rotatable bonds is 5. The summed E-state index contributed by atoms with van der Waals surface area (Å²) in [4.78, 5) is 10.7. The van der Waals surface area contributed by atoms with Crippen molar-refractivity contribution >= 4 is 5.97 Å². The molecule has 0 fully saturated rings. The van der Waals surface area contributed by atoms with Crippen LogP contribution < -0.4 is 17.2 Å². The Balaban J connectivity index is 4.29. The molecule has 0 rings (SSSR count). The molecule has 0 aromatic carbocycles. The quantitative estimate of drug-likeness (QED) is 0.421. The Labute approximate surface area is 71.9 Å². The van der Waals surface area contributed by atoms with E-state index < -0.39 is 17.6 Å². The minimum Gasteiger partial charge on any atom is -0.480 e. The molecule has 5 heteroatoms. The molecule has 0 bridgehead atoms. The van der Waals surface area contributed by atoms with Crippen LogP contribution >= 0.6 is 0 Å². The van der Waals surface area contributed by atoms with Crippen LogP contribution in [0.15, 0.2) is 0 Å². The van der Waals surface area contributed by atoms with Crippen LogP contribution in [0.25, 0.3) is 0 Å². The molecule has 7 N–H and O–H groups in total. The Morgan fingerprint density at radius 3 is 2.42 bits per heavy atom. The molecule has 0 aliphatic heterocycles. The summed E-state index contributed by atoms with van der Waals surface area (Å²) in [6.45, 7) is 2.02. The molecule has 0 radical (unpaired) electrons. The van der Waals surface area contributed by atoms with Gasteiger partial charge in [-0.3, -0.25) is 4.79 Å². The number of hydrogen-bond acceptors (Lipinski definition) is 4. The predicted molar refractivity (Wildman–Crippen MR) is 46.5 cm³/mol. The highest BCUT2D eigenvalue weighted by molar-refractivity contribution is 5.79. The summed E-state index contributed by atoms with van der Waals surface area (Å²) < 4.78 is 0. The third kappa shape index (κ3) is 2.44. The van der Waals surface area contributed by atoms with E-state index in [2.05, 4.69) is 0 Å². The van der Waals surface area contributed by atoms with Gasteiger partial charge in [-0.15, -0.1) is 0 Å². The smallest absolute Gasteiger partial charge is 0.325 e. The van der Waals surface area contributed by atoms with E-state index >= 15 is 0 Å². The largest absolute Gasteiger partial charge is 0.480 e. The van der Waals surface area contributed by atoms with Crippen LogP contribution in [0.2, 0.25) is 0 Å². The molecule has 0 amide bonds. The summed E-state index contributed by atoms with van der Waals surface area (Å²) >= 11 is 0. The van der Waals surface area contributed by atoms with Crippen molar-refractivity contribution in [1.82, 2.24) is 0 Å². The topological polar surface area (TPSA) is 115 Å². The highest BCUT2D eigenvalue weighted by atomic mass is 16.4. The van der Waals surface area contributed by atoms with Crippen molar-refractivity contribution in [2.75, 3.05) is 6.54 Å². The molecule has 0 aromatic heterocycles. The van der Waals surface area contributed by atoms with Crippen molar-refractivity contribution in [1.29, 1.82) is 0 Å². The van der Waals surface area contributed by atoms with Crippen molar-refractivity contribution in [3.05, 3.63) is 0 Å². The van der Waals surface area contributed by atoms with Crippen molar-refractivity contribution in [3.63, 3.8) is 0 Å². The van der Waals surface area contributed by atoms with E-state index in [1.165, 1.54) is 0 Å². The van der Waals surface area contributed by atoms with Crippen LogP contribution in [-0.4, -0.2) is 29.2 Å². The summed E-state index contributed by atoms with van der Waals surface area (Å²) in [5.74, 6) is -1.06. The first kappa shape index (κ1) is 11.4. The molecule has 5 nitrogen and oxygen atoms in total. The van der Waals surface area contributed by atoms with Crippen molar-refractivity contribution < 1.29 is 9.90 Å². The Morgan fingerprint density at radius 2 is 2.17 bits per heavy atom. The number of carboxylic acid groups (broad SMARTS) is 1. The highest BCUT2D eigenvalue weighted by Gasteiger charge is 2.37. The van der Waals surface area contributed by atoms with Crippen LogP contribution in [0.3, 0.4) is 0 Å². The van der Waals surface area contributed by atoms with Gasteiger partial charge in [0, 0.05) is 6.04 Å². The minimum atomic E-state index is -1.33. The second kappa shape index (κ2) is 4.39. The fraction of sp³-hybridized carbons (Fsp3) is 0.857. The third-order valence-electron chi connectivity index (χ3n) is 2.01. The normalized spacial score (nSPS) is 18.3. The lowest BCUT2D eigenvalue weighted by Gasteiger charge is -2.28. The summed E-state index contributed by atoms with van der Waals surface area (Å²) in [6, 6.07) is -0.568. The molecule has 2 atom stereocenters. The minimum absolute atomic E-state index is 0.316. The molecule has 0 aromatic rings. The van der Waals surface area contributed by atoms with Gasteiger partial charge in [-0.1, -0.05) is 0 Å². The molecular formula is C7H17N3O2. The maximum Gasteiger partial charge on any atom is 0.325 e. The van der Waals surface area contributed by atoms with E-state index in [1.807, 2.05) is 0 Å². The average molecular weight is 175 g/mol. The van der Waals surface area contributed by atoms with E-state index in [0.717, 1.165) is 0 Å². The molecule has 0 heterocycles. The zero-order chi connectivity index (χ0) is 9.78. The SMILES string of the molecule is CC(N)C(N)(CCCN)C(=O)O. The lowest BCUT2D eigenvalue weighted by atomic mass is 9.88. The van der Waals surface area contributed by atoms with Gasteiger partial charge in [0.1, 0.15) is 5.54 Å². The lowest BCUT2D eigenvalue weighted by Crippen LogP contribution is -2.59. The van der Waals surface area contributed by atoms with E-state index in [4.69, 9.17) is 22.3 Å². The molecule has 0 saturated heterocycles. The monoisotopic (exact) mass is 175 g/mol. The second-order valence-electron chi connectivity index (χ2n) is 3.03. The zero-order valence-corrected chi connectivity index (χ0v) is 7.29. The summed E-state index contributed by atoms with van der Waals surface area (Å²) in [5.41, 5.74) is 15.0. The Morgan fingerprint density at radius 1 is 1.67 bits per heavy atom. The Kier molecular flexibility index (Phi) is 4.16. The van der Waals surface area contributed by atoms with Gasteiger partial charge in [-0.25, -0.2) is 0 Å². The van der Waals surface area contributed by atoms with Gasteiger partial charge >= 0.3 is 5.97 Å². The molecule has 12 heavy (non-hydrogen) atoms. The Bertz CT molecular complexity index is 161. The molecule has 0 saturated carbocycles. The number of hydrogen-bond donors (Lipinski definition) is 4. The van der Waals surface area contributed by atoms with Crippen LogP contribution in [0.1, 0.15) is 19.8 Å². The van der Waals surface area contributed by atoms with Gasteiger partial charge in [0.05, 0.1) is 0 Å². The Hall–Kier alpha value is -0.650. The molecule has 72 valence electrons. The fourth-order valence-electron chi connectivity index (χ4n) is 0.924. The van der Waals surface area contributed by atoms with Gasteiger partial charge in [-0.05, 0) is 26.3 Å².